The summed E-state index contributed by atoms with van der Waals surface area (Å²) in [6.45, 7) is 8.17. The van der Waals surface area contributed by atoms with E-state index in [9.17, 15) is 4.79 Å². The van der Waals surface area contributed by atoms with Gasteiger partial charge in [0.2, 0.25) is 0 Å². The van der Waals surface area contributed by atoms with Gasteiger partial charge in [0.1, 0.15) is 5.78 Å². The Balaban J connectivity index is 3.13. The molecule has 0 radical (unpaired) electrons. The molecular weight excluding hydrogens is 254 g/mol. The molecule has 0 saturated heterocycles. The van der Waals surface area contributed by atoms with Gasteiger partial charge in [-0.05, 0) is 19.6 Å². The molecule has 0 spiro atoms. The van der Waals surface area contributed by atoms with Crippen LogP contribution in [0.3, 0.4) is 0 Å². The van der Waals surface area contributed by atoms with Crippen LogP contribution in [0.1, 0.15) is 25.7 Å². The molecule has 5 heteroatoms. The molecule has 0 aliphatic heterocycles. The van der Waals surface area contributed by atoms with Gasteiger partial charge in [-0.15, -0.1) is 12.3 Å². The minimum Gasteiger partial charge on any atom is -0.378 e. The van der Waals surface area contributed by atoms with E-state index in [0.29, 0.717) is 32.7 Å². The highest BCUT2D eigenvalue weighted by molar-refractivity contribution is 5.80. The highest BCUT2D eigenvalue weighted by Gasteiger charge is 2.00. The molecule has 20 heavy (non-hydrogen) atoms. The summed E-state index contributed by atoms with van der Waals surface area (Å²) >= 11 is 0. The zero-order chi connectivity index (χ0) is 14.9. The Bertz CT molecular complexity index is 287. The van der Waals surface area contributed by atoms with E-state index in [-0.39, 0.29) is 5.78 Å². The number of carbonyl (C=O) groups excluding carboxylic acids is 1. The van der Waals surface area contributed by atoms with Crippen molar-refractivity contribution in [1.82, 2.24) is 10.6 Å². The predicted octanol–water partition coefficient (Wildman–Crippen LogP) is 0.646. The molecule has 0 aromatic carbocycles. The summed E-state index contributed by atoms with van der Waals surface area (Å²) in [5, 5.41) is 6.35. The fraction of sp³-hybridized carbons (Fsp3) is 0.733. The van der Waals surface area contributed by atoms with Gasteiger partial charge in [0.05, 0.1) is 26.3 Å². The average molecular weight is 281 g/mol. The Labute approximate surface area is 122 Å². The van der Waals surface area contributed by atoms with Crippen LogP contribution in [0.5, 0.6) is 0 Å². The molecule has 0 atom stereocenters. The highest BCUT2D eigenvalue weighted by atomic mass is 16.5. The van der Waals surface area contributed by atoms with Gasteiger partial charge in [-0.1, -0.05) is 0 Å². The second kappa shape index (κ2) is 15.8. The van der Waals surface area contributed by atoms with Crippen LogP contribution in [0.2, 0.25) is 0 Å². The summed E-state index contributed by atoms with van der Waals surface area (Å²) in [5.41, 5.74) is 0. The molecule has 0 aromatic heterocycles. The van der Waals surface area contributed by atoms with Gasteiger partial charge in [0, 0.05) is 32.5 Å². The van der Waals surface area contributed by atoms with Crippen molar-refractivity contribution in [2.24, 2.45) is 4.99 Å². The van der Waals surface area contributed by atoms with Gasteiger partial charge in [-0.25, -0.2) is 0 Å². The fourth-order valence-corrected chi connectivity index (χ4v) is 1.54. The molecule has 0 rings (SSSR count). The van der Waals surface area contributed by atoms with Crippen LogP contribution in [0, 0.1) is 12.3 Å². The molecule has 0 amide bonds. The van der Waals surface area contributed by atoms with Gasteiger partial charge in [0.15, 0.2) is 0 Å². The summed E-state index contributed by atoms with van der Waals surface area (Å²) in [4.78, 5) is 15.2. The molecule has 0 saturated carbocycles. The predicted molar refractivity (Wildman–Crippen MR) is 83.3 cm³/mol. The van der Waals surface area contributed by atoms with E-state index in [1.807, 2.05) is 0 Å². The third-order valence-electron chi connectivity index (χ3n) is 2.64. The molecule has 0 aliphatic carbocycles. The summed E-state index contributed by atoms with van der Waals surface area (Å²) < 4.78 is 5.30. The molecule has 0 aliphatic rings. The molecule has 114 valence electrons. The molecule has 0 fully saturated rings. The number of nitrogens with one attached hydrogen (secondary N) is 2. The van der Waals surface area contributed by atoms with Gasteiger partial charge < -0.3 is 15.4 Å². The van der Waals surface area contributed by atoms with Gasteiger partial charge >= 0.3 is 0 Å². The average Bonchev–Trinajstić information content (AvgIpc) is 2.45. The third kappa shape index (κ3) is 14.8. The van der Waals surface area contributed by atoms with Crippen molar-refractivity contribution < 1.29 is 9.53 Å². The normalized spacial score (nSPS) is 10.2. The molecule has 0 heterocycles. The number of Topliss-reactive ketones (excluding diaryl/α,β-unsaturated/α-hetero) is 1. The highest BCUT2D eigenvalue weighted by Crippen LogP contribution is 1.98. The standard InChI is InChI=1S/C15H27N3O2/c1-3-4-5-6-7-15(19)14-18-9-8-17-11-13-20-12-10-16-2/h1,17-18H,2,4-14H2. The van der Waals surface area contributed by atoms with Crippen molar-refractivity contribution >= 4 is 12.5 Å². The molecule has 2 N–H and O–H groups in total. The Kier molecular flexibility index (Phi) is 14.9. The smallest absolute Gasteiger partial charge is 0.146 e. The largest absolute Gasteiger partial charge is 0.378 e. The lowest BCUT2D eigenvalue weighted by Crippen LogP contribution is -2.32. The van der Waals surface area contributed by atoms with E-state index in [2.05, 4.69) is 28.3 Å². The van der Waals surface area contributed by atoms with Crippen LogP contribution in [-0.2, 0) is 9.53 Å². The number of rotatable bonds is 15. The summed E-state index contributed by atoms with van der Waals surface area (Å²) in [6.07, 6.45) is 8.35. The van der Waals surface area contributed by atoms with Crippen LogP contribution < -0.4 is 10.6 Å². The zero-order valence-electron chi connectivity index (χ0n) is 12.3. The topological polar surface area (TPSA) is 62.7 Å². The first-order valence-corrected chi connectivity index (χ1v) is 7.18. The van der Waals surface area contributed by atoms with Crippen molar-refractivity contribution in [2.75, 3.05) is 45.9 Å². The number of ether oxygens (including phenoxy) is 1. The van der Waals surface area contributed by atoms with Crippen LogP contribution in [0.4, 0.5) is 0 Å². The first-order valence-electron chi connectivity index (χ1n) is 7.18. The fourth-order valence-electron chi connectivity index (χ4n) is 1.54. The van der Waals surface area contributed by atoms with Crippen molar-refractivity contribution in [3.8, 4) is 12.3 Å². The molecule has 0 unspecified atom stereocenters. The lowest BCUT2D eigenvalue weighted by molar-refractivity contribution is -0.118. The maximum absolute atomic E-state index is 11.5. The van der Waals surface area contributed by atoms with E-state index >= 15 is 0 Å². The van der Waals surface area contributed by atoms with Crippen LogP contribution in [-0.4, -0.2) is 58.4 Å². The minimum absolute atomic E-state index is 0.252. The maximum atomic E-state index is 11.5. The lowest BCUT2D eigenvalue weighted by atomic mass is 10.1. The van der Waals surface area contributed by atoms with Crippen LogP contribution in [0.25, 0.3) is 0 Å². The third-order valence-corrected chi connectivity index (χ3v) is 2.64. The molecular formula is C15H27N3O2. The first kappa shape index (κ1) is 18.8. The number of hydrogen-bond acceptors (Lipinski definition) is 5. The van der Waals surface area contributed by atoms with Crippen LogP contribution >= 0.6 is 0 Å². The van der Waals surface area contributed by atoms with Gasteiger partial charge in [-0.3, -0.25) is 9.79 Å². The monoisotopic (exact) mass is 281 g/mol. The van der Waals surface area contributed by atoms with Crippen molar-refractivity contribution in [1.29, 1.82) is 0 Å². The zero-order valence-corrected chi connectivity index (χ0v) is 12.3. The first-order chi connectivity index (χ1) is 9.81. The number of nitrogens with zero attached hydrogens (tertiary/aromatic N) is 1. The summed E-state index contributed by atoms with van der Waals surface area (Å²) in [5.74, 6) is 2.83. The number of hydrogen-bond donors (Lipinski definition) is 2. The Hall–Kier alpha value is -1.22. The van der Waals surface area contributed by atoms with Gasteiger partial charge in [-0.2, -0.15) is 0 Å². The van der Waals surface area contributed by atoms with E-state index in [0.717, 1.165) is 38.9 Å². The molecule has 5 nitrogen and oxygen atoms in total. The van der Waals surface area contributed by atoms with E-state index in [4.69, 9.17) is 11.2 Å². The second-order valence-corrected chi connectivity index (χ2v) is 4.44. The quantitative estimate of drug-likeness (QED) is 0.263. The number of ketones is 1. The summed E-state index contributed by atoms with van der Waals surface area (Å²) in [6, 6.07) is 0. The molecule has 0 aromatic rings. The van der Waals surface area contributed by atoms with E-state index in [1.54, 1.807) is 0 Å². The van der Waals surface area contributed by atoms with E-state index in [1.165, 1.54) is 0 Å². The second-order valence-electron chi connectivity index (χ2n) is 4.44. The number of unbranched alkanes of at least 4 members (excludes halogenated alkanes) is 2. The Morgan fingerprint density at radius 2 is 2.00 bits per heavy atom. The Morgan fingerprint density at radius 1 is 1.20 bits per heavy atom. The molecule has 0 bridgehead atoms. The number of carbonyl (C=O) groups is 1. The lowest BCUT2D eigenvalue weighted by Gasteiger charge is -2.06. The van der Waals surface area contributed by atoms with Crippen LogP contribution in [0.15, 0.2) is 4.99 Å². The maximum Gasteiger partial charge on any atom is 0.146 e. The van der Waals surface area contributed by atoms with Gasteiger partial charge in [0.25, 0.3) is 0 Å². The summed E-state index contributed by atoms with van der Waals surface area (Å²) in [7, 11) is 0. The van der Waals surface area contributed by atoms with Crippen molar-refractivity contribution in [3.05, 3.63) is 0 Å². The van der Waals surface area contributed by atoms with Crippen molar-refractivity contribution in [2.45, 2.75) is 25.7 Å². The number of terminal acetylenes is 1. The Morgan fingerprint density at radius 3 is 2.75 bits per heavy atom. The van der Waals surface area contributed by atoms with Crippen molar-refractivity contribution in [3.63, 3.8) is 0 Å². The minimum atomic E-state index is 0.252. The number of aliphatic imine (C=N–C) groups is 1. The van der Waals surface area contributed by atoms with E-state index < -0.39 is 0 Å². The SMILES string of the molecule is C#CCCCCC(=O)CNCCNCCOCCN=C.